The second-order valence-corrected chi connectivity index (χ2v) is 5.36. The van der Waals surface area contributed by atoms with Crippen LogP contribution in [0.5, 0.6) is 0 Å². The third-order valence-electron chi connectivity index (χ3n) is 3.96. The number of piperazine rings is 1. The average Bonchev–Trinajstić information content (AvgIpc) is 2.30. The first-order valence-corrected chi connectivity index (χ1v) is 6.57. The van der Waals surface area contributed by atoms with Crippen LogP contribution in [0.15, 0.2) is 0 Å². The molecule has 0 aromatic carbocycles. The largest absolute Gasteiger partial charge is 0.314 e. The van der Waals surface area contributed by atoms with Gasteiger partial charge in [-0.3, -0.25) is 4.90 Å². The fourth-order valence-electron chi connectivity index (χ4n) is 2.73. The molecule has 2 rings (SSSR count). The van der Waals surface area contributed by atoms with Crippen LogP contribution in [0.25, 0.3) is 0 Å². The molecule has 2 heterocycles. The maximum Gasteiger partial charge on any atom is 0.263 e. The van der Waals surface area contributed by atoms with E-state index in [9.17, 15) is 8.78 Å². The van der Waals surface area contributed by atoms with E-state index < -0.39 is 11.8 Å². The summed E-state index contributed by atoms with van der Waals surface area (Å²) in [6, 6.07) is 0. The first-order chi connectivity index (χ1) is 8.08. The number of alkyl halides is 2. The fraction of sp³-hybridized carbons (Fsp3) is 1.00. The normalized spacial score (nSPS) is 26.3. The van der Waals surface area contributed by atoms with Gasteiger partial charge in [-0.2, -0.15) is 0 Å². The third kappa shape index (κ3) is 3.60. The van der Waals surface area contributed by atoms with Crippen molar-refractivity contribution in [2.45, 2.75) is 18.8 Å². The zero-order chi connectivity index (χ0) is 12.3. The van der Waals surface area contributed by atoms with Crippen molar-refractivity contribution in [2.24, 2.45) is 5.92 Å². The van der Waals surface area contributed by atoms with Gasteiger partial charge in [-0.05, 0) is 33.0 Å². The zero-order valence-electron chi connectivity index (χ0n) is 10.6. The molecule has 2 fully saturated rings. The summed E-state index contributed by atoms with van der Waals surface area (Å²) in [5, 5.41) is 3.19. The maximum absolute atomic E-state index is 14.1. The first kappa shape index (κ1) is 13.2. The van der Waals surface area contributed by atoms with Crippen LogP contribution in [0.2, 0.25) is 0 Å². The lowest BCUT2D eigenvalue weighted by Crippen LogP contribution is -2.51. The van der Waals surface area contributed by atoms with Gasteiger partial charge in [-0.25, -0.2) is 8.78 Å². The van der Waals surface area contributed by atoms with Gasteiger partial charge >= 0.3 is 0 Å². The van der Waals surface area contributed by atoms with Gasteiger partial charge in [-0.15, -0.1) is 0 Å². The summed E-state index contributed by atoms with van der Waals surface area (Å²) in [4.78, 5) is 4.03. The second kappa shape index (κ2) is 5.59. The minimum atomic E-state index is -2.52. The molecule has 0 atom stereocenters. The summed E-state index contributed by atoms with van der Waals surface area (Å²) >= 11 is 0. The number of nitrogens with zero attached hydrogens (tertiary/aromatic N) is 2. The molecule has 100 valence electrons. The number of halogens is 2. The van der Waals surface area contributed by atoms with Crippen LogP contribution in [0.3, 0.4) is 0 Å². The molecule has 0 aliphatic carbocycles. The molecule has 3 nitrogen and oxygen atoms in total. The van der Waals surface area contributed by atoms with E-state index in [4.69, 9.17) is 0 Å². The van der Waals surface area contributed by atoms with Crippen molar-refractivity contribution in [1.82, 2.24) is 15.1 Å². The van der Waals surface area contributed by atoms with Gasteiger partial charge in [0, 0.05) is 32.1 Å². The SMILES string of the molecule is CN1CCC(C(F)(F)CN2CCNCC2)CC1. The summed E-state index contributed by atoms with van der Waals surface area (Å²) in [6.07, 6.45) is 1.27. The predicted molar refractivity (Wildman–Crippen MR) is 64.5 cm³/mol. The molecule has 0 aromatic heterocycles. The highest BCUT2D eigenvalue weighted by atomic mass is 19.3. The van der Waals surface area contributed by atoms with Gasteiger partial charge in [0.05, 0.1) is 6.54 Å². The van der Waals surface area contributed by atoms with Crippen molar-refractivity contribution in [3.8, 4) is 0 Å². The van der Waals surface area contributed by atoms with Crippen LogP contribution < -0.4 is 5.32 Å². The number of hydrogen-bond acceptors (Lipinski definition) is 3. The Labute approximate surface area is 102 Å². The molecular weight excluding hydrogens is 224 g/mol. The van der Waals surface area contributed by atoms with E-state index in [2.05, 4.69) is 10.2 Å². The second-order valence-electron chi connectivity index (χ2n) is 5.36. The molecule has 0 amide bonds. The quantitative estimate of drug-likeness (QED) is 0.798. The van der Waals surface area contributed by atoms with Gasteiger partial charge in [0.1, 0.15) is 0 Å². The number of rotatable bonds is 3. The number of likely N-dealkylation sites (tertiary alicyclic amines) is 1. The molecule has 0 radical (unpaired) electrons. The fourth-order valence-corrected chi connectivity index (χ4v) is 2.73. The lowest BCUT2D eigenvalue weighted by molar-refractivity contribution is -0.0984. The Morgan fingerprint density at radius 1 is 1.12 bits per heavy atom. The van der Waals surface area contributed by atoms with Crippen LogP contribution in [0.4, 0.5) is 8.78 Å². The minimum absolute atomic E-state index is 0.0525. The molecule has 0 spiro atoms. The molecule has 17 heavy (non-hydrogen) atoms. The molecule has 2 aliphatic rings. The molecule has 0 aromatic rings. The monoisotopic (exact) mass is 247 g/mol. The topological polar surface area (TPSA) is 18.5 Å². The van der Waals surface area contributed by atoms with E-state index in [1.54, 1.807) is 0 Å². The molecule has 0 bridgehead atoms. The maximum atomic E-state index is 14.1. The number of piperidine rings is 1. The van der Waals surface area contributed by atoms with E-state index in [1.807, 2.05) is 11.9 Å². The molecule has 5 heteroatoms. The summed E-state index contributed by atoms with van der Waals surface area (Å²) in [7, 11) is 2.00. The van der Waals surface area contributed by atoms with E-state index in [0.717, 1.165) is 39.3 Å². The lowest BCUT2D eigenvalue weighted by Gasteiger charge is -2.37. The highest BCUT2D eigenvalue weighted by Crippen LogP contribution is 2.33. The molecule has 0 saturated carbocycles. The highest BCUT2D eigenvalue weighted by molar-refractivity contribution is 4.85. The van der Waals surface area contributed by atoms with Crippen molar-refractivity contribution in [3.05, 3.63) is 0 Å². The molecule has 2 aliphatic heterocycles. The van der Waals surface area contributed by atoms with Crippen LogP contribution >= 0.6 is 0 Å². The summed E-state index contributed by atoms with van der Waals surface area (Å²) in [6.45, 7) is 4.74. The molecule has 1 N–H and O–H groups in total. The Bertz CT molecular complexity index is 234. The standard InChI is InChI=1S/C12H23F2N3/c1-16-6-2-11(3-7-16)12(13,14)10-17-8-4-15-5-9-17/h11,15H,2-10H2,1H3. The number of hydrogen-bond donors (Lipinski definition) is 1. The van der Waals surface area contributed by atoms with Crippen LogP contribution in [0.1, 0.15) is 12.8 Å². The Kier molecular flexibility index (Phi) is 4.33. The van der Waals surface area contributed by atoms with Crippen molar-refractivity contribution >= 4 is 0 Å². The van der Waals surface area contributed by atoms with Gasteiger partial charge in [0.25, 0.3) is 5.92 Å². The average molecular weight is 247 g/mol. The predicted octanol–water partition coefficient (Wildman–Crippen LogP) is 0.869. The minimum Gasteiger partial charge on any atom is -0.314 e. The summed E-state index contributed by atoms with van der Waals surface area (Å²) in [5.41, 5.74) is 0. The van der Waals surface area contributed by atoms with Gasteiger partial charge in [-0.1, -0.05) is 0 Å². The van der Waals surface area contributed by atoms with Crippen molar-refractivity contribution in [3.63, 3.8) is 0 Å². The Balaban J connectivity index is 1.84. The van der Waals surface area contributed by atoms with E-state index in [-0.39, 0.29) is 6.54 Å². The Hall–Kier alpha value is -0.260. The van der Waals surface area contributed by atoms with Crippen molar-refractivity contribution in [2.75, 3.05) is 52.9 Å². The summed E-state index contributed by atoms with van der Waals surface area (Å²) in [5.74, 6) is -2.94. The van der Waals surface area contributed by atoms with Gasteiger partial charge in [0.2, 0.25) is 0 Å². The van der Waals surface area contributed by atoms with E-state index in [1.165, 1.54) is 0 Å². The van der Waals surface area contributed by atoms with Crippen molar-refractivity contribution in [1.29, 1.82) is 0 Å². The Morgan fingerprint density at radius 2 is 1.71 bits per heavy atom. The first-order valence-electron chi connectivity index (χ1n) is 6.57. The lowest BCUT2D eigenvalue weighted by atomic mass is 9.90. The van der Waals surface area contributed by atoms with Gasteiger partial charge < -0.3 is 10.2 Å². The van der Waals surface area contributed by atoms with Gasteiger partial charge in [0.15, 0.2) is 0 Å². The third-order valence-corrected chi connectivity index (χ3v) is 3.96. The Morgan fingerprint density at radius 3 is 2.29 bits per heavy atom. The summed E-state index contributed by atoms with van der Waals surface area (Å²) < 4.78 is 28.3. The molecule has 0 unspecified atom stereocenters. The number of nitrogens with one attached hydrogen (secondary N) is 1. The van der Waals surface area contributed by atoms with E-state index in [0.29, 0.717) is 12.8 Å². The smallest absolute Gasteiger partial charge is 0.263 e. The molecular formula is C12H23F2N3. The van der Waals surface area contributed by atoms with E-state index >= 15 is 0 Å². The van der Waals surface area contributed by atoms with Crippen LogP contribution in [0, 0.1) is 5.92 Å². The van der Waals surface area contributed by atoms with Crippen LogP contribution in [-0.4, -0.2) is 68.6 Å². The van der Waals surface area contributed by atoms with Crippen LogP contribution in [-0.2, 0) is 0 Å². The molecule has 2 saturated heterocycles. The zero-order valence-corrected chi connectivity index (χ0v) is 10.6. The highest BCUT2D eigenvalue weighted by Gasteiger charge is 2.41. The van der Waals surface area contributed by atoms with Crippen molar-refractivity contribution < 1.29 is 8.78 Å².